The summed E-state index contributed by atoms with van der Waals surface area (Å²) in [6.07, 6.45) is 5.75. The summed E-state index contributed by atoms with van der Waals surface area (Å²) < 4.78 is 29.7. The minimum Gasteiger partial charge on any atom is -0.481 e. The first-order chi connectivity index (χ1) is 21.0. The Morgan fingerprint density at radius 2 is 1.68 bits per heavy atom. The first kappa shape index (κ1) is 33.2. The third kappa shape index (κ3) is 9.39. The van der Waals surface area contributed by atoms with Crippen molar-refractivity contribution >= 4 is 44.5 Å². The summed E-state index contributed by atoms with van der Waals surface area (Å²) in [7, 11) is -4.22. The number of piperidine rings is 1. The summed E-state index contributed by atoms with van der Waals surface area (Å²) in [6.45, 7) is 1.82. The van der Waals surface area contributed by atoms with Gasteiger partial charge in [-0.15, -0.1) is 0 Å². The molecule has 1 saturated carbocycles. The molecule has 1 atom stereocenters. The van der Waals surface area contributed by atoms with Crippen LogP contribution in [-0.4, -0.2) is 85.8 Å². The van der Waals surface area contributed by atoms with Gasteiger partial charge in [-0.25, -0.2) is 8.42 Å². The molecule has 44 heavy (non-hydrogen) atoms. The van der Waals surface area contributed by atoms with Gasteiger partial charge < -0.3 is 26.0 Å². The molecule has 0 bridgehead atoms. The first-order valence-corrected chi connectivity index (χ1v) is 16.9. The molecular formula is C31H44N6O6S. The molecule has 2 aromatic carbocycles. The Hall–Kier alpha value is -3.71. The number of amides is 2. The summed E-state index contributed by atoms with van der Waals surface area (Å²) >= 11 is 0. The highest BCUT2D eigenvalue weighted by Crippen LogP contribution is 2.25. The Balaban J connectivity index is 1.52. The molecular weight excluding hydrogens is 584 g/mol. The molecule has 1 aliphatic carbocycles. The number of benzene rings is 2. The Morgan fingerprint density at radius 3 is 2.34 bits per heavy atom. The van der Waals surface area contributed by atoms with Crippen LogP contribution in [0.5, 0.6) is 0 Å². The molecule has 1 heterocycles. The van der Waals surface area contributed by atoms with Crippen LogP contribution in [0.3, 0.4) is 0 Å². The molecule has 2 amide bonds. The lowest BCUT2D eigenvalue weighted by atomic mass is 9.88. The number of guanidine groups is 1. The van der Waals surface area contributed by atoms with Gasteiger partial charge in [-0.2, -0.15) is 4.72 Å². The summed E-state index contributed by atoms with van der Waals surface area (Å²) in [6, 6.07) is 10.6. The van der Waals surface area contributed by atoms with Crippen LogP contribution in [-0.2, 0) is 24.4 Å². The second-order valence-corrected chi connectivity index (χ2v) is 13.7. The molecule has 0 unspecified atom stereocenters. The van der Waals surface area contributed by atoms with Crippen LogP contribution in [0.25, 0.3) is 10.8 Å². The predicted molar refractivity (Wildman–Crippen MR) is 167 cm³/mol. The van der Waals surface area contributed by atoms with E-state index in [1.807, 2.05) is 12.1 Å². The van der Waals surface area contributed by atoms with E-state index in [-0.39, 0.29) is 35.7 Å². The maximum Gasteiger partial charge on any atom is 0.305 e. The van der Waals surface area contributed by atoms with Gasteiger partial charge in [0.2, 0.25) is 21.8 Å². The largest absolute Gasteiger partial charge is 0.481 e. The van der Waals surface area contributed by atoms with Crippen LogP contribution >= 0.6 is 0 Å². The molecule has 0 spiro atoms. The lowest BCUT2D eigenvalue weighted by Gasteiger charge is -2.33. The third-order valence-electron chi connectivity index (χ3n) is 8.67. The lowest BCUT2D eigenvalue weighted by Crippen LogP contribution is -2.52. The van der Waals surface area contributed by atoms with Crippen LogP contribution in [0, 0.1) is 17.2 Å². The molecule has 13 heteroatoms. The van der Waals surface area contributed by atoms with Gasteiger partial charge in [-0.3, -0.25) is 19.8 Å². The van der Waals surface area contributed by atoms with E-state index in [0.29, 0.717) is 31.6 Å². The number of sulfonamides is 1. The van der Waals surface area contributed by atoms with E-state index in [9.17, 15) is 27.9 Å². The Kier molecular flexibility index (Phi) is 11.6. The highest BCUT2D eigenvalue weighted by molar-refractivity contribution is 7.89. The highest BCUT2D eigenvalue weighted by Gasteiger charge is 2.33. The monoisotopic (exact) mass is 628 g/mol. The summed E-state index contributed by atoms with van der Waals surface area (Å²) in [5.41, 5.74) is 5.57. The lowest BCUT2D eigenvalue weighted by molar-refractivity contribution is -0.140. The Morgan fingerprint density at radius 1 is 1.00 bits per heavy atom. The molecule has 0 radical (unpaired) electrons. The fourth-order valence-corrected chi connectivity index (χ4v) is 7.31. The van der Waals surface area contributed by atoms with Gasteiger partial charge in [0.05, 0.1) is 17.7 Å². The van der Waals surface area contributed by atoms with Gasteiger partial charge in [0, 0.05) is 32.7 Å². The predicted octanol–water partition coefficient (Wildman–Crippen LogP) is 2.48. The molecule has 2 fully saturated rings. The highest BCUT2D eigenvalue weighted by atomic mass is 32.2. The molecule has 6 N–H and O–H groups in total. The number of carbonyl (C=O) groups excluding carboxylic acids is 2. The quantitative estimate of drug-likeness (QED) is 0.165. The Labute approximate surface area is 258 Å². The molecule has 240 valence electrons. The number of rotatable bonds is 13. The molecule has 1 aliphatic heterocycles. The zero-order valence-corrected chi connectivity index (χ0v) is 25.9. The van der Waals surface area contributed by atoms with Crippen molar-refractivity contribution in [1.29, 1.82) is 5.41 Å². The van der Waals surface area contributed by atoms with Crippen LogP contribution < -0.4 is 15.8 Å². The Bertz CT molecular complexity index is 1440. The van der Waals surface area contributed by atoms with Crippen molar-refractivity contribution in [1.82, 2.24) is 19.8 Å². The zero-order chi connectivity index (χ0) is 31.7. The van der Waals surface area contributed by atoms with Crippen molar-refractivity contribution in [2.24, 2.45) is 17.6 Å². The van der Waals surface area contributed by atoms with E-state index in [1.54, 1.807) is 23.1 Å². The average Bonchev–Trinajstić information content (AvgIpc) is 3.01. The molecule has 2 aliphatic rings. The standard InChI is InChI=1S/C31H44N6O6S/c32-31(33)36-15-12-22(13-16-36)20-34-28(38)19-27(30(41)37(17-14-29(39)40)21-23-6-2-1-3-7-23)35-44(42,43)26-11-10-24-8-4-5-9-25(24)18-26/h4-5,8-11,18,22-23,27,35H,1-3,6-7,12-17,19-21H2,(H3,32,33)(H,34,38)(H,39,40)/t27-/m0/s1. The van der Waals surface area contributed by atoms with Gasteiger partial charge in [-0.1, -0.05) is 49.6 Å². The number of carbonyl (C=O) groups is 3. The third-order valence-corrected chi connectivity index (χ3v) is 10.1. The minimum absolute atomic E-state index is 0.0215. The van der Waals surface area contributed by atoms with Gasteiger partial charge in [0.1, 0.15) is 6.04 Å². The number of nitrogens with one attached hydrogen (secondary N) is 3. The van der Waals surface area contributed by atoms with Crippen molar-refractivity contribution < 1.29 is 27.9 Å². The van der Waals surface area contributed by atoms with Crippen molar-refractivity contribution in [3.05, 3.63) is 42.5 Å². The summed E-state index contributed by atoms with van der Waals surface area (Å²) in [5, 5.41) is 21.4. The van der Waals surface area contributed by atoms with E-state index < -0.39 is 40.3 Å². The topological polar surface area (TPSA) is 186 Å². The van der Waals surface area contributed by atoms with Crippen molar-refractivity contribution in [2.75, 3.05) is 32.7 Å². The van der Waals surface area contributed by atoms with Gasteiger partial charge >= 0.3 is 5.97 Å². The fourth-order valence-electron chi connectivity index (χ4n) is 6.09. The molecule has 4 rings (SSSR count). The molecule has 2 aromatic rings. The number of likely N-dealkylation sites (tertiary alicyclic amines) is 1. The smallest absolute Gasteiger partial charge is 0.305 e. The zero-order valence-electron chi connectivity index (χ0n) is 25.0. The number of nitrogens with two attached hydrogens (primary N) is 1. The number of hydrogen-bond acceptors (Lipinski definition) is 6. The second kappa shape index (κ2) is 15.3. The van der Waals surface area contributed by atoms with Crippen LogP contribution in [0.2, 0.25) is 0 Å². The fraction of sp³-hybridized carbons (Fsp3) is 0.548. The normalized spacial score (nSPS) is 17.2. The van der Waals surface area contributed by atoms with Gasteiger partial charge in [0.15, 0.2) is 5.96 Å². The number of fused-ring (bicyclic) bond motifs is 1. The number of nitrogens with zero attached hydrogens (tertiary/aromatic N) is 2. The van der Waals surface area contributed by atoms with Crippen LogP contribution in [0.1, 0.15) is 57.8 Å². The van der Waals surface area contributed by atoms with E-state index in [1.165, 1.54) is 17.0 Å². The average molecular weight is 629 g/mol. The van der Waals surface area contributed by atoms with E-state index in [2.05, 4.69) is 10.0 Å². The number of carboxylic acid groups (broad SMARTS) is 1. The van der Waals surface area contributed by atoms with Crippen molar-refractivity contribution in [3.8, 4) is 0 Å². The van der Waals surface area contributed by atoms with Crippen molar-refractivity contribution in [3.63, 3.8) is 0 Å². The summed E-state index contributed by atoms with van der Waals surface area (Å²) in [4.78, 5) is 41.8. The minimum atomic E-state index is -4.22. The number of hydrogen-bond donors (Lipinski definition) is 5. The molecule has 1 saturated heterocycles. The van der Waals surface area contributed by atoms with E-state index in [0.717, 1.165) is 50.3 Å². The second-order valence-electron chi connectivity index (χ2n) is 11.9. The number of carboxylic acids is 1. The van der Waals surface area contributed by atoms with Crippen LogP contribution in [0.15, 0.2) is 47.4 Å². The number of aliphatic carboxylic acids is 1. The van der Waals surface area contributed by atoms with Crippen LogP contribution in [0.4, 0.5) is 0 Å². The first-order valence-electron chi connectivity index (χ1n) is 15.4. The van der Waals surface area contributed by atoms with Gasteiger partial charge in [-0.05, 0) is 60.4 Å². The van der Waals surface area contributed by atoms with E-state index in [4.69, 9.17) is 11.1 Å². The molecule has 0 aromatic heterocycles. The van der Waals surface area contributed by atoms with Crippen molar-refractivity contribution in [2.45, 2.75) is 68.7 Å². The maximum atomic E-state index is 14.0. The summed E-state index contributed by atoms with van der Waals surface area (Å²) in [5.74, 6) is -1.77. The maximum absolute atomic E-state index is 14.0. The molecule has 12 nitrogen and oxygen atoms in total. The SMILES string of the molecule is N=C(N)N1CCC(CNC(=O)C[C@H](NS(=O)(=O)c2ccc3ccccc3c2)C(=O)N(CCC(=O)O)CC2CCCCC2)CC1. The van der Waals surface area contributed by atoms with Gasteiger partial charge in [0.25, 0.3) is 0 Å². The van der Waals surface area contributed by atoms with E-state index >= 15 is 0 Å².